The van der Waals surface area contributed by atoms with Gasteiger partial charge in [-0.25, -0.2) is 0 Å². The van der Waals surface area contributed by atoms with Gasteiger partial charge in [0.15, 0.2) is 0 Å². The van der Waals surface area contributed by atoms with Gasteiger partial charge in [0.2, 0.25) is 0 Å². The highest BCUT2D eigenvalue weighted by Crippen LogP contribution is 2.33. The fourth-order valence-corrected chi connectivity index (χ4v) is 3.22. The number of hydrogen-bond donors (Lipinski definition) is 1. The second-order valence-electron chi connectivity index (χ2n) is 6.08. The molecule has 0 radical (unpaired) electrons. The van der Waals surface area contributed by atoms with Gasteiger partial charge in [-0.15, -0.1) is 0 Å². The van der Waals surface area contributed by atoms with Crippen molar-refractivity contribution < 1.29 is 0 Å². The lowest BCUT2D eigenvalue weighted by molar-refractivity contribution is 0.568. The van der Waals surface area contributed by atoms with Crippen LogP contribution in [0.4, 0.5) is 5.69 Å². The molecule has 1 N–H and O–H groups in total. The molecule has 1 aromatic carbocycles. The first-order chi connectivity index (χ1) is 9.13. The Morgan fingerprint density at radius 3 is 2.68 bits per heavy atom. The van der Waals surface area contributed by atoms with Gasteiger partial charge in [0.25, 0.3) is 0 Å². The molecule has 1 fully saturated rings. The van der Waals surface area contributed by atoms with Gasteiger partial charge in [0.1, 0.15) is 0 Å². The number of hydrogen-bond acceptors (Lipinski definition) is 2. The first-order valence-electron chi connectivity index (χ1n) is 7.72. The van der Waals surface area contributed by atoms with Crippen molar-refractivity contribution in [2.24, 2.45) is 5.92 Å². The SMILES string of the molecule is CCCNC(C)c1ccccc1N1CC(C)CC1C. The summed E-state index contributed by atoms with van der Waals surface area (Å²) >= 11 is 0. The Morgan fingerprint density at radius 2 is 2.05 bits per heavy atom. The van der Waals surface area contributed by atoms with Crippen molar-refractivity contribution in [2.75, 3.05) is 18.0 Å². The molecule has 0 spiro atoms. The third kappa shape index (κ3) is 3.30. The fourth-order valence-electron chi connectivity index (χ4n) is 3.22. The Balaban J connectivity index is 2.21. The molecule has 1 heterocycles. The van der Waals surface area contributed by atoms with Gasteiger partial charge in [-0.2, -0.15) is 0 Å². The molecule has 2 heteroatoms. The van der Waals surface area contributed by atoms with E-state index in [1.807, 2.05) is 0 Å². The lowest BCUT2D eigenvalue weighted by Crippen LogP contribution is -2.29. The Morgan fingerprint density at radius 1 is 1.32 bits per heavy atom. The Bertz CT molecular complexity index is 402. The van der Waals surface area contributed by atoms with Crippen molar-refractivity contribution >= 4 is 5.69 Å². The van der Waals surface area contributed by atoms with E-state index in [4.69, 9.17) is 0 Å². The van der Waals surface area contributed by atoms with Gasteiger partial charge < -0.3 is 10.2 Å². The second-order valence-corrected chi connectivity index (χ2v) is 6.08. The zero-order chi connectivity index (χ0) is 13.8. The molecule has 0 saturated carbocycles. The monoisotopic (exact) mass is 260 g/mol. The number of nitrogens with one attached hydrogen (secondary N) is 1. The predicted molar refractivity (Wildman–Crippen MR) is 83.7 cm³/mol. The third-order valence-electron chi connectivity index (χ3n) is 4.20. The summed E-state index contributed by atoms with van der Waals surface area (Å²) in [4.78, 5) is 2.59. The van der Waals surface area contributed by atoms with E-state index in [0.717, 1.165) is 12.5 Å². The molecule has 0 amide bonds. The van der Waals surface area contributed by atoms with Crippen molar-refractivity contribution in [3.8, 4) is 0 Å². The average molecular weight is 260 g/mol. The molecule has 2 nitrogen and oxygen atoms in total. The van der Waals surface area contributed by atoms with Gasteiger partial charge in [-0.05, 0) is 50.8 Å². The van der Waals surface area contributed by atoms with E-state index < -0.39 is 0 Å². The van der Waals surface area contributed by atoms with Crippen LogP contribution < -0.4 is 10.2 Å². The summed E-state index contributed by atoms with van der Waals surface area (Å²) in [5, 5.41) is 3.61. The number of para-hydroxylation sites is 1. The molecular weight excluding hydrogens is 232 g/mol. The van der Waals surface area contributed by atoms with Gasteiger partial charge in [0, 0.05) is 24.3 Å². The molecule has 3 unspecified atom stereocenters. The van der Waals surface area contributed by atoms with Crippen LogP contribution in [0.5, 0.6) is 0 Å². The maximum absolute atomic E-state index is 3.61. The van der Waals surface area contributed by atoms with E-state index in [2.05, 4.69) is 62.2 Å². The lowest BCUT2D eigenvalue weighted by atomic mass is 10.0. The highest BCUT2D eigenvalue weighted by Gasteiger charge is 2.28. The second kappa shape index (κ2) is 6.42. The normalized spacial score (nSPS) is 24.7. The number of benzene rings is 1. The van der Waals surface area contributed by atoms with Gasteiger partial charge in [0.05, 0.1) is 0 Å². The van der Waals surface area contributed by atoms with Crippen LogP contribution in [0, 0.1) is 5.92 Å². The van der Waals surface area contributed by atoms with E-state index in [-0.39, 0.29) is 0 Å². The molecule has 19 heavy (non-hydrogen) atoms. The van der Waals surface area contributed by atoms with Gasteiger partial charge in [-0.1, -0.05) is 32.0 Å². The molecular formula is C17H28N2. The Labute approximate surface area is 118 Å². The summed E-state index contributed by atoms with van der Waals surface area (Å²) in [7, 11) is 0. The third-order valence-corrected chi connectivity index (χ3v) is 4.20. The highest BCUT2D eigenvalue weighted by atomic mass is 15.2. The minimum atomic E-state index is 0.430. The van der Waals surface area contributed by atoms with E-state index in [9.17, 15) is 0 Å². The van der Waals surface area contributed by atoms with Crippen LogP contribution in [0.1, 0.15) is 52.1 Å². The van der Waals surface area contributed by atoms with Crippen molar-refractivity contribution in [1.82, 2.24) is 5.32 Å². The predicted octanol–water partition coefficient (Wildman–Crippen LogP) is 3.98. The van der Waals surface area contributed by atoms with Crippen LogP contribution in [0.2, 0.25) is 0 Å². The topological polar surface area (TPSA) is 15.3 Å². The first kappa shape index (κ1) is 14.4. The average Bonchev–Trinajstić information content (AvgIpc) is 2.75. The number of rotatable bonds is 5. The quantitative estimate of drug-likeness (QED) is 0.861. The van der Waals surface area contributed by atoms with Crippen molar-refractivity contribution in [2.45, 2.75) is 52.6 Å². The summed E-state index contributed by atoms with van der Waals surface area (Å²) in [6.45, 7) is 11.5. The van der Waals surface area contributed by atoms with E-state index in [1.54, 1.807) is 0 Å². The molecule has 3 atom stereocenters. The summed E-state index contributed by atoms with van der Waals surface area (Å²) in [6, 6.07) is 9.98. The zero-order valence-corrected chi connectivity index (χ0v) is 12.8. The maximum atomic E-state index is 3.61. The van der Waals surface area contributed by atoms with Crippen LogP contribution in [0.3, 0.4) is 0 Å². The summed E-state index contributed by atoms with van der Waals surface area (Å²) in [5.41, 5.74) is 2.87. The summed E-state index contributed by atoms with van der Waals surface area (Å²) in [6.07, 6.45) is 2.49. The summed E-state index contributed by atoms with van der Waals surface area (Å²) < 4.78 is 0. The highest BCUT2D eigenvalue weighted by molar-refractivity contribution is 5.56. The smallest absolute Gasteiger partial charge is 0.0417 e. The molecule has 1 saturated heterocycles. The van der Waals surface area contributed by atoms with E-state index in [1.165, 1.54) is 30.6 Å². The van der Waals surface area contributed by atoms with Crippen LogP contribution in [-0.2, 0) is 0 Å². The minimum absolute atomic E-state index is 0.430. The van der Waals surface area contributed by atoms with Crippen LogP contribution in [-0.4, -0.2) is 19.1 Å². The molecule has 1 aliphatic rings. The van der Waals surface area contributed by atoms with Gasteiger partial charge in [-0.3, -0.25) is 0 Å². The molecule has 1 aliphatic heterocycles. The first-order valence-corrected chi connectivity index (χ1v) is 7.72. The molecule has 106 valence electrons. The number of anilines is 1. The van der Waals surface area contributed by atoms with E-state index >= 15 is 0 Å². The molecule has 2 rings (SSSR count). The Kier molecular flexibility index (Phi) is 4.87. The molecule has 0 aromatic heterocycles. The Hall–Kier alpha value is -1.02. The standard InChI is InChI=1S/C17H28N2/c1-5-10-18-15(4)16-8-6-7-9-17(16)19-12-13(2)11-14(19)3/h6-9,13-15,18H,5,10-12H2,1-4H3. The zero-order valence-electron chi connectivity index (χ0n) is 12.8. The maximum Gasteiger partial charge on any atom is 0.0417 e. The van der Waals surface area contributed by atoms with Crippen LogP contribution >= 0.6 is 0 Å². The number of nitrogens with zero attached hydrogens (tertiary/aromatic N) is 1. The van der Waals surface area contributed by atoms with Crippen LogP contribution in [0.15, 0.2) is 24.3 Å². The molecule has 0 aliphatic carbocycles. The largest absolute Gasteiger partial charge is 0.368 e. The van der Waals surface area contributed by atoms with Crippen molar-refractivity contribution in [3.63, 3.8) is 0 Å². The van der Waals surface area contributed by atoms with Gasteiger partial charge >= 0.3 is 0 Å². The molecule has 1 aromatic rings. The van der Waals surface area contributed by atoms with Crippen molar-refractivity contribution in [1.29, 1.82) is 0 Å². The van der Waals surface area contributed by atoms with Crippen LogP contribution in [0.25, 0.3) is 0 Å². The van der Waals surface area contributed by atoms with Crippen molar-refractivity contribution in [3.05, 3.63) is 29.8 Å². The van der Waals surface area contributed by atoms with E-state index in [0.29, 0.717) is 12.1 Å². The fraction of sp³-hybridized carbons (Fsp3) is 0.647. The molecule has 0 bridgehead atoms. The minimum Gasteiger partial charge on any atom is -0.368 e. The lowest BCUT2D eigenvalue weighted by Gasteiger charge is -2.29. The summed E-state index contributed by atoms with van der Waals surface area (Å²) in [5.74, 6) is 0.807.